The molecule has 0 unspecified atom stereocenters. The molecule has 1 saturated heterocycles. The molecule has 0 bridgehead atoms. The molecular weight excluding hydrogens is 452 g/mol. The van der Waals surface area contributed by atoms with Gasteiger partial charge >= 0.3 is 5.97 Å². The van der Waals surface area contributed by atoms with Crippen LogP contribution >= 0.6 is 0 Å². The number of allylic oxidation sites excluding steroid dienone is 1. The number of carbonyl (C=O) groups is 2. The molecule has 6 atom stereocenters. The van der Waals surface area contributed by atoms with Gasteiger partial charge in [-0.1, -0.05) is 19.1 Å². The molecule has 0 spiro atoms. The van der Waals surface area contributed by atoms with Crippen molar-refractivity contribution < 1.29 is 38.0 Å². The summed E-state index contributed by atoms with van der Waals surface area (Å²) in [7, 11) is 5.93. The van der Waals surface area contributed by atoms with Crippen molar-refractivity contribution in [3.05, 3.63) is 47.6 Å². The molecule has 192 valence electrons. The predicted octanol–water partition coefficient (Wildman–Crippen LogP) is 4.09. The lowest BCUT2D eigenvalue weighted by molar-refractivity contribution is -0.448. The maximum absolute atomic E-state index is 13.6. The van der Waals surface area contributed by atoms with Crippen LogP contribution in [0.15, 0.2) is 30.9 Å². The lowest BCUT2D eigenvalue weighted by atomic mass is 9.59. The molecule has 1 aliphatic heterocycles. The monoisotopic (exact) mass is 488 g/mol. The Balaban J connectivity index is 2.35. The number of aldehydes is 1. The molecule has 8 nitrogen and oxygen atoms in total. The number of methoxy groups -OCH3 is 4. The Kier molecular flexibility index (Phi) is 7.62. The largest absolute Gasteiger partial charge is 0.496 e. The molecule has 1 aromatic carbocycles. The molecule has 1 aliphatic carbocycles. The van der Waals surface area contributed by atoms with Gasteiger partial charge in [-0.05, 0) is 50.5 Å². The van der Waals surface area contributed by atoms with Crippen molar-refractivity contribution >= 4 is 17.8 Å². The summed E-state index contributed by atoms with van der Waals surface area (Å²) in [5.41, 5.74) is 1.09. The number of benzene rings is 1. The molecule has 3 rings (SSSR count). The molecule has 1 heterocycles. The van der Waals surface area contributed by atoms with Crippen LogP contribution < -0.4 is 4.74 Å². The van der Waals surface area contributed by atoms with Crippen molar-refractivity contribution in [2.75, 3.05) is 28.4 Å². The second-order valence-electron chi connectivity index (χ2n) is 9.26. The summed E-state index contributed by atoms with van der Waals surface area (Å²) >= 11 is 0. The summed E-state index contributed by atoms with van der Waals surface area (Å²) in [6.07, 6.45) is 3.37. The van der Waals surface area contributed by atoms with Gasteiger partial charge in [-0.2, -0.15) is 0 Å². The number of fused-ring (bicyclic) bond motifs is 1. The normalized spacial score (nSPS) is 34.4. The van der Waals surface area contributed by atoms with E-state index in [0.29, 0.717) is 28.0 Å². The highest BCUT2D eigenvalue weighted by Crippen LogP contribution is 2.56. The minimum atomic E-state index is -1.25. The zero-order chi connectivity index (χ0) is 26.2. The number of hydrogen-bond donors (Lipinski definition) is 0. The van der Waals surface area contributed by atoms with Crippen molar-refractivity contribution in [3.63, 3.8) is 0 Å². The molecule has 0 N–H and O–H groups in total. The lowest BCUT2D eigenvalue weighted by Gasteiger charge is -2.57. The first-order chi connectivity index (χ1) is 16.5. The molecule has 0 amide bonds. The van der Waals surface area contributed by atoms with Crippen molar-refractivity contribution in [3.8, 4) is 5.75 Å². The first-order valence-electron chi connectivity index (χ1n) is 11.5. The van der Waals surface area contributed by atoms with Crippen molar-refractivity contribution in [1.29, 1.82) is 0 Å². The number of esters is 1. The average Bonchev–Trinajstić information content (AvgIpc) is 2.86. The SMILES string of the molecule is C=CC[C@@]1(C(=O)OC)C(c2ccc(OC)c(C)c2C=O)=C[C@H]2O[C@](C)(OC)[C@@](C)(OC)O[C@@H]2[C@H]1C. The number of rotatable bonds is 8. The van der Waals surface area contributed by atoms with Crippen molar-refractivity contribution in [2.45, 2.75) is 57.9 Å². The van der Waals surface area contributed by atoms with E-state index in [0.717, 1.165) is 6.29 Å². The molecule has 1 aromatic rings. The first-order valence-corrected chi connectivity index (χ1v) is 11.5. The fourth-order valence-electron chi connectivity index (χ4n) is 5.42. The fourth-order valence-corrected chi connectivity index (χ4v) is 5.42. The Morgan fingerprint density at radius 2 is 1.74 bits per heavy atom. The zero-order valence-corrected chi connectivity index (χ0v) is 21.8. The molecular formula is C27H36O8. The van der Waals surface area contributed by atoms with Crippen molar-refractivity contribution in [1.82, 2.24) is 0 Å². The van der Waals surface area contributed by atoms with Gasteiger partial charge < -0.3 is 28.4 Å². The van der Waals surface area contributed by atoms with E-state index in [1.807, 2.05) is 13.0 Å². The lowest BCUT2D eigenvalue weighted by Crippen LogP contribution is -2.68. The Hall–Kier alpha value is -2.52. The third-order valence-corrected chi connectivity index (χ3v) is 7.84. The zero-order valence-electron chi connectivity index (χ0n) is 21.8. The van der Waals surface area contributed by atoms with Crippen LogP contribution in [0.1, 0.15) is 48.7 Å². The van der Waals surface area contributed by atoms with Gasteiger partial charge in [0.25, 0.3) is 0 Å². The minimum Gasteiger partial charge on any atom is -0.496 e. The van der Waals surface area contributed by atoms with Crippen LogP contribution in [-0.4, -0.2) is 64.5 Å². The van der Waals surface area contributed by atoms with E-state index in [2.05, 4.69) is 6.58 Å². The first kappa shape index (κ1) is 27.1. The molecule has 2 aliphatic rings. The third-order valence-electron chi connectivity index (χ3n) is 7.84. The predicted molar refractivity (Wildman–Crippen MR) is 130 cm³/mol. The Morgan fingerprint density at radius 3 is 2.26 bits per heavy atom. The molecule has 0 saturated carbocycles. The van der Waals surface area contributed by atoms with Gasteiger partial charge in [0.2, 0.25) is 11.6 Å². The second-order valence-corrected chi connectivity index (χ2v) is 9.26. The van der Waals surface area contributed by atoms with Crippen LogP contribution in [0.3, 0.4) is 0 Å². The highest BCUT2D eigenvalue weighted by Gasteiger charge is 2.63. The third kappa shape index (κ3) is 3.93. The summed E-state index contributed by atoms with van der Waals surface area (Å²) < 4.78 is 35.1. The van der Waals surface area contributed by atoms with Crippen molar-refractivity contribution in [2.24, 2.45) is 11.3 Å². The minimum absolute atomic E-state index is 0.258. The molecule has 0 aromatic heterocycles. The van der Waals surface area contributed by atoms with E-state index in [9.17, 15) is 9.59 Å². The van der Waals surface area contributed by atoms with Crippen LogP contribution in [0.25, 0.3) is 5.57 Å². The maximum Gasteiger partial charge on any atom is 0.316 e. The smallest absolute Gasteiger partial charge is 0.316 e. The highest BCUT2D eigenvalue weighted by molar-refractivity contribution is 5.99. The molecule has 35 heavy (non-hydrogen) atoms. The van der Waals surface area contributed by atoms with Gasteiger partial charge in [0.1, 0.15) is 17.3 Å². The van der Waals surface area contributed by atoms with E-state index in [1.165, 1.54) is 21.3 Å². The summed E-state index contributed by atoms with van der Waals surface area (Å²) in [4.78, 5) is 25.9. The Labute approximate surface area is 207 Å². The van der Waals surface area contributed by atoms with Crippen LogP contribution in [-0.2, 0) is 28.5 Å². The second kappa shape index (κ2) is 9.85. The quantitative estimate of drug-likeness (QED) is 0.307. The summed E-state index contributed by atoms with van der Waals surface area (Å²) in [5.74, 6) is -2.82. The topological polar surface area (TPSA) is 89.5 Å². The fraction of sp³-hybridized carbons (Fsp3) is 0.556. The maximum atomic E-state index is 13.6. The Morgan fingerprint density at radius 1 is 1.11 bits per heavy atom. The van der Waals surface area contributed by atoms with Gasteiger partial charge in [-0.15, -0.1) is 6.58 Å². The van der Waals surface area contributed by atoms with E-state index in [4.69, 9.17) is 28.4 Å². The molecule has 0 radical (unpaired) electrons. The van der Waals surface area contributed by atoms with E-state index < -0.39 is 41.1 Å². The molecule has 1 fully saturated rings. The summed E-state index contributed by atoms with van der Waals surface area (Å²) in [5, 5.41) is 0. The molecule has 8 heteroatoms. The van der Waals surface area contributed by atoms with E-state index >= 15 is 0 Å². The average molecular weight is 489 g/mol. The number of hydrogen-bond acceptors (Lipinski definition) is 8. The van der Waals surface area contributed by atoms with E-state index in [-0.39, 0.29) is 6.42 Å². The van der Waals surface area contributed by atoms with Crippen LogP contribution in [0.2, 0.25) is 0 Å². The van der Waals surface area contributed by atoms with Crippen LogP contribution in [0.5, 0.6) is 5.75 Å². The van der Waals surface area contributed by atoms with E-state index in [1.54, 1.807) is 46.1 Å². The van der Waals surface area contributed by atoms with Gasteiger partial charge in [0.05, 0.1) is 20.3 Å². The summed E-state index contributed by atoms with van der Waals surface area (Å²) in [6, 6.07) is 3.57. The van der Waals surface area contributed by atoms with Gasteiger partial charge in [-0.25, -0.2) is 0 Å². The van der Waals surface area contributed by atoms with Gasteiger partial charge in [-0.3, -0.25) is 9.59 Å². The number of ether oxygens (including phenoxy) is 6. The van der Waals surface area contributed by atoms with Crippen LogP contribution in [0.4, 0.5) is 0 Å². The Bertz CT molecular complexity index is 1030. The number of carbonyl (C=O) groups excluding carboxylic acids is 2. The highest BCUT2D eigenvalue weighted by atomic mass is 16.8. The standard InChI is InChI=1S/C27H36O8/c1-10-13-27(24(29)31-7)17(3)23-22(34-25(4,32-8)26(5,33-9)35-23)14-20(27)18-11-12-21(30-6)16(2)19(18)15-28/h10-12,14-15,17,22-23H,1,13H2,2-9H3/t17-,22-,23-,25+,26+,27+/m1/s1. The summed E-state index contributed by atoms with van der Waals surface area (Å²) in [6.45, 7) is 11.1. The van der Waals surface area contributed by atoms with Gasteiger partial charge in [0.15, 0.2) is 6.29 Å². The van der Waals surface area contributed by atoms with Crippen LogP contribution in [0, 0.1) is 18.3 Å². The van der Waals surface area contributed by atoms with Gasteiger partial charge in [0, 0.05) is 31.3 Å².